The van der Waals surface area contributed by atoms with E-state index >= 15 is 0 Å². The van der Waals surface area contributed by atoms with Gasteiger partial charge in [-0.05, 0) is 55.8 Å². The normalized spacial score (nSPS) is 47.4. The van der Waals surface area contributed by atoms with E-state index in [2.05, 4.69) is 0 Å². The summed E-state index contributed by atoms with van der Waals surface area (Å²) in [4.78, 5) is 13.9. The molecule has 3 saturated carbocycles. The number of carbonyl (C=O) groups excluding carboxylic acids is 1. The first-order valence-corrected chi connectivity index (χ1v) is 14.1. The number of amides is 1. The van der Waals surface area contributed by atoms with Crippen molar-refractivity contribution in [2.45, 2.75) is 81.7 Å². The Balaban J connectivity index is 1.37. The number of nitrogens with two attached hydrogens (primary N) is 1. The lowest BCUT2D eigenvalue weighted by atomic mass is 9.48. The molecular formula is C27H44N2O9. The van der Waals surface area contributed by atoms with Gasteiger partial charge < -0.3 is 46.2 Å². The molecule has 13 atom stereocenters. The molecule has 0 aromatic heterocycles. The summed E-state index contributed by atoms with van der Waals surface area (Å²) in [6.45, 7) is 4.57. The average Bonchev–Trinajstić information content (AvgIpc) is 2.87. The standard InChI is InChI=1S/C27H44N2O9/c1-12(26(36)29-4-6-38-7-5-29)8-13-2-3-17(30)20-16(13)10-14-9-15-11-18(31)21(25(28)35)24(34)27(15,37)23(33)19(14)22(20)32/h12-17,19-20,22-24,26,30-34,36-37H,2-11H2,1H3,(H2,28,35)/t12?,13?,14-,15+,16?,17?,19?,20?,22?,23?,24?,26?,27+/m1/s1. The Hall–Kier alpha value is -1.31. The first-order chi connectivity index (χ1) is 18.0. The number of primary amides is 1. The Morgan fingerprint density at radius 2 is 1.82 bits per heavy atom. The van der Waals surface area contributed by atoms with Gasteiger partial charge in [0.15, 0.2) is 0 Å². The maximum absolute atomic E-state index is 11.9. The van der Waals surface area contributed by atoms with Crippen LogP contribution in [0.4, 0.5) is 0 Å². The van der Waals surface area contributed by atoms with E-state index in [1.54, 1.807) is 0 Å². The second kappa shape index (κ2) is 10.6. The molecule has 10 unspecified atom stereocenters. The Bertz CT molecular complexity index is 926. The van der Waals surface area contributed by atoms with Crippen molar-refractivity contribution < 1.29 is 45.3 Å². The van der Waals surface area contributed by atoms with Crippen LogP contribution < -0.4 is 5.73 Å². The molecule has 1 heterocycles. The molecule has 9 N–H and O–H groups in total. The van der Waals surface area contributed by atoms with Crippen LogP contribution in [0.5, 0.6) is 0 Å². The van der Waals surface area contributed by atoms with Crippen LogP contribution in [0.15, 0.2) is 11.3 Å². The predicted octanol–water partition coefficient (Wildman–Crippen LogP) is -1.16. The first-order valence-electron chi connectivity index (χ1n) is 14.1. The Kier molecular flexibility index (Phi) is 7.86. The number of hydrogen-bond acceptors (Lipinski definition) is 10. The van der Waals surface area contributed by atoms with Crippen molar-refractivity contribution in [2.75, 3.05) is 26.3 Å². The van der Waals surface area contributed by atoms with E-state index in [1.807, 2.05) is 11.8 Å². The number of fused-ring (bicyclic) bond motifs is 3. The van der Waals surface area contributed by atoms with Crippen molar-refractivity contribution in [1.82, 2.24) is 4.90 Å². The molecular weight excluding hydrogens is 496 g/mol. The molecule has 0 radical (unpaired) electrons. The summed E-state index contributed by atoms with van der Waals surface area (Å²) in [6, 6.07) is 0. The number of rotatable bonds is 5. The minimum Gasteiger partial charge on any atom is -0.512 e. The van der Waals surface area contributed by atoms with E-state index in [1.165, 1.54) is 0 Å². The largest absolute Gasteiger partial charge is 0.512 e. The van der Waals surface area contributed by atoms with Gasteiger partial charge in [-0.3, -0.25) is 9.69 Å². The van der Waals surface area contributed by atoms with E-state index in [-0.39, 0.29) is 35.9 Å². The first kappa shape index (κ1) is 28.2. The van der Waals surface area contributed by atoms with Crippen molar-refractivity contribution in [2.24, 2.45) is 47.2 Å². The molecule has 0 spiro atoms. The predicted molar refractivity (Wildman–Crippen MR) is 134 cm³/mol. The highest BCUT2D eigenvalue weighted by Crippen LogP contribution is 2.58. The van der Waals surface area contributed by atoms with Gasteiger partial charge in [0.1, 0.15) is 23.7 Å². The second-order valence-electron chi connectivity index (χ2n) is 12.6. The van der Waals surface area contributed by atoms with Gasteiger partial charge in [0, 0.05) is 37.3 Å². The zero-order valence-corrected chi connectivity index (χ0v) is 22.0. The summed E-state index contributed by atoms with van der Waals surface area (Å²) in [5.41, 5.74) is 2.69. The van der Waals surface area contributed by atoms with E-state index in [4.69, 9.17) is 10.5 Å². The smallest absolute Gasteiger partial charge is 0.250 e. The maximum atomic E-state index is 11.9. The van der Waals surface area contributed by atoms with Gasteiger partial charge >= 0.3 is 0 Å². The van der Waals surface area contributed by atoms with Gasteiger partial charge in [0.05, 0.1) is 37.1 Å². The fraction of sp³-hybridized carbons (Fsp3) is 0.889. The maximum Gasteiger partial charge on any atom is 0.250 e. The van der Waals surface area contributed by atoms with E-state index in [9.17, 15) is 40.5 Å². The molecule has 1 amide bonds. The van der Waals surface area contributed by atoms with E-state index in [0.29, 0.717) is 45.6 Å². The SMILES string of the molecule is CC(CC1CCC(O)C2C(O)C3C(O)[C@]4(O)C(O)C(C(N)=O)=C(O)C[C@@H]4C[C@@H]3CC12)C(O)N1CCOCC1. The van der Waals surface area contributed by atoms with E-state index in [0.717, 1.165) is 12.8 Å². The van der Waals surface area contributed by atoms with Crippen molar-refractivity contribution in [1.29, 1.82) is 0 Å². The number of hydrogen-bond donors (Lipinski definition) is 8. The molecule has 1 aliphatic heterocycles. The lowest BCUT2D eigenvalue weighted by Gasteiger charge is -2.60. The van der Waals surface area contributed by atoms with Gasteiger partial charge in [-0.25, -0.2) is 0 Å². The summed E-state index contributed by atoms with van der Waals surface area (Å²) in [7, 11) is 0. The Morgan fingerprint density at radius 1 is 1.13 bits per heavy atom. The molecule has 0 aromatic carbocycles. The van der Waals surface area contributed by atoms with Crippen molar-refractivity contribution in [3.8, 4) is 0 Å². The summed E-state index contributed by atoms with van der Waals surface area (Å²) in [6.07, 6.45) is -3.12. The van der Waals surface area contributed by atoms with Gasteiger partial charge in [-0.1, -0.05) is 6.92 Å². The lowest BCUT2D eigenvalue weighted by Crippen LogP contribution is -2.70. The molecule has 11 heteroatoms. The number of ether oxygens (including phenoxy) is 1. The molecule has 4 fully saturated rings. The minimum atomic E-state index is -2.15. The van der Waals surface area contributed by atoms with Gasteiger partial charge in [0.2, 0.25) is 0 Å². The third-order valence-electron chi connectivity index (χ3n) is 10.7. The fourth-order valence-corrected chi connectivity index (χ4v) is 8.80. The monoisotopic (exact) mass is 540 g/mol. The van der Waals surface area contributed by atoms with Gasteiger partial charge in [-0.15, -0.1) is 0 Å². The van der Waals surface area contributed by atoms with Crippen LogP contribution in [-0.4, -0.2) is 109 Å². The summed E-state index contributed by atoms with van der Waals surface area (Å²) in [5, 5.41) is 77.9. The molecule has 4 aliphatic carbocycles. The summed E-state index contributed by atoms with van der Waals surface area (Å²) < 4.78 is 5.40. The fourth-order valence-electron chi connectivity index (χ4n) is 8.80. The zero-order chi connectivity index (χ0) is 27.5. The summed E-state index contributed by atoms with van der Waals surface area (Å²) >= 11 is 0. The number of nitrogens with zero attached hydrogens (tertiary/aromatic N) is 1. The van der Waals surface area contributed by atoms with Crippen molar-refractivity contribution in [3.05, 3.63) is 11.3 Å². The highest BCUT2D eigenvalue weighted by atomic mass is 16.5. The third kappa shape index (κ3) is 4.49. The highest BCUT2D eigenvalue weighted by Gasteiger charge is 2.65. The molecule has 216 valence electrons. The number of allylic oxidation sites excluding steroid dienone is 1. The topological polar surface area (TPSA) is 197 Å². The van der Waals surface area contributed by atoms with Crippen LogP contribution in [0.25, 0.3) is 0 Å². The highest BCUT2D eigenvalue weighted by molar-refractivity contribution is 5.94. The van der Waals surface area contributed by atoms with Crippen molar-refractivity contribution >= 4 is 5.91 Å². The minimum absolute atomic E-state index is 0.0197. The molecule has 5 rings (SSSR count). The zero-order valence-electron chi connectivity index (χ0n) is 22.0. The molecule has 5 aliphatic rings. The van der Waals surface area contributed by atoms with Crippen LogP contribution in [0.2, 0.25) is 0 Å². The van der Waals surface area contributed by atoms with Crippen LogP contribution >= 0.6 is 0 Å². The molecule has 0 bridgehead atoms. The quantitative estimate of drug-likeness (QED) is 0.210. The van der Waals surface area contributed by atoms with Gasteiger partial charge in [-0.2, -0.15) is 0 Å². The van der Waals surface area contributed by atoms with Crippen LogP contribution in [0.1, 0.15) is 45.4 Å². The molecule has 0 aromatic rings. The van der Waals surface area contributed by atoms with Crippen molar-refractivity contribution in [3.63, 3.8) is 0 Å². The average molecular weight is 541 g/mol. The number of aliphatic hydroxyl groups is 7. The van der Waals surface area contributed by atoms with Crippen LogP contribution in [0, 0.1) is 41.4 Å². The molecule has 38 heavy (non-hydrogen) atoms. The molecule has 1 saturated heterocycles. The van der Waals surface area contributed by atoms with Crippen LogP contribution in [-0.2, 0) is 9.53 Å². The third-order valence-corrected chi connectivity index (χ3v) is 10.7. The number of aliphatic hydroxyl groups excluding tert-OH is 6. The molecule has 11 nitrogen and oxygen atoms in total. The Morgan fingerprint density at radius 3 is 2.47 bits per heavy atom. The summed E-state index contributed by atoms with van der Waals surface area (Å²) in [5.74, 6) is -3.61. The second-order valence-corrected chi connectivity index (χ2v) is 12.6. The van der Waals surface area contributed by atoms with Gasteiger partial charge in [0.25, 0.3) is 5.91 Å². The lowest BCUT2D eigenvalue weighted by molar-refractivity contribution is -0.259. The number of carbonyl (C=O) groups is 1. The Labute approximate surface area is 222 Å². The number of morpholine rings is 1. The van der Waals surface area contributed by atoms with Crippen LogP contribution in [0.3, 0.4) is 0 Å². The van der Waals surface area contributed by atoms with E-state index < -0.39 is 65.5 Å².